The minimum Gasteiger partial charge on any atom is -0.338 e. The van der Waals surface area contributed by atoms with Gasteiger partial charge in [-0.1, -0.05) is 36.4 Å². The summed E-state index contributed by atoms with van der Waals surface area (Å²) in [5.41, 5.74) is 4.28. The van der Waals surface area contributed by atoms with E-state index in [1.165, 1.54) is 5.56 Å². The van der Waals surface area contributed by atoms with Gasteiger partial charge >= 0.3 is 6.03 Å². The van der Waals surface area contributed by atoms with E-state index in [1.54, 1.807) is 0 Å². The molecule has 0 fully saturated rings. The molecule has 0 saturated heterocycles. The molecule has 134 valence electrons. The lowest BCUT2D eigenvalue weighted by molar-refractivity contribution is 0.252. The van der Waals surface area contributed by atoms with Crippen LogP contribution in [0.25, 0.3) is 11.4 Å². The Morgan fingerprint density at radius 3 is 2.65 bits per heavy atom. The number of amides is 2. The van der Waals surface area contributed by atoms with Gasteiger partial charge in [-0.25, -0.2) is 9.78 Å². The largest absolute Gasteiger partial charge is 0.338 e. The summed E-state index contributed by atoms with van der Waals surface area (Å²) in [7, 11) is 0. The van der Waals surface area contributed by atoms with Crippen LogP contribution in [0.15, 0.2) is 60.9 Å². The Bertz CT molecular complexity index is 871. The van der Waals surface area contributed by atoms with Gasteiger partial charge in [-0.2, -0.15) is 0 Å². The van der Waals surface area contributed by atoms with E-state index < -0.39 is 0 Å². The summed E-state index contributed by atoms with van der Waals surface area (Å²) in [5, 5.41) is 5.77. The number of nitrogens with one attached hydrogen (secondary N) is 2. The number of imidazole rings is 1. The summed E-state index contributed by atoms with van der Waals surface area (Å²) in [6.45, 7) is 5.49. The topological polar surface area (TPSA) is 59.0 Å². The van der Waals surface area contributed by atoms with E-state index in [4.69, 9.17) is 0 Å². The maximum Gasteiger partial charge on any atom is 0.319 e. The van der Waals surface area contributed by atoms with Crippen LogP contribution in [-0.4, -0.2) is 22.1 Å². The molecule has 2 amide bonds. The number of rotatable bonds is 6. The predicted molar refractivity (Wildman–Crippen MR) is 105 cm³/mol. The van der Waals surface area contributed by atoms with Crippen LogP contribution in [0.2, 0.25) is 0 Å². The second-order valence-corrected chi connectivity index (χ2v) is 6.34. The minimum atomic E-state index is -0.179. The van der Waals surface area contributed by atoms with E-state index >= 15 is 0 Å². The third-order valence-corrected chi connectivity index (χ3v) is 4.37. The lowest BCUT2D eigenvalue weighted by Gasteiger charge is -2.10. The van der Waals surface area contributed by atoms with Gasteiger partial charge in [0.25, 0.3) is 0 Å². The quantitative estimate of drug-likeness (QED) is 0.650. The Labute approximate surface area is 154 Å². The molecule has 0 atom stereocenters. The van der Waals surface area contributed by atoms with E-state index in [-0.39, 0.29) is 6.03 Å². The van der Waals surface area contributed by atoms with Crippen molar-refractivity contribution in [3.8, 4) is 11.4 Å². The van der Waals surface area contributed by atoms with Gasteiger partial charge in [-0.15, -0.1) is 0 Å². The minimum absolute atomic E-state index is 0.179. The van der Waals surface area contributed by atoms with Crippen molar-refractivity contribution >= 4 is 11.7 Å². The van der Waals surface area contributed by atoms with Crippen molar-refractivity contribution in [2.75, 3.05) is 11.9 Å². The zero-order valence-corrected chi connectivity index (χ0v) is 15.2. The fourth-order valence-corrected chi connectivity index (χ4v) is 2.78. The Balaban J connectivity index is 1.47. The van der Waals surface area contributed by atoms with Crippen molar-refractivity contribution in [3.63, 3.8) is 0 Å². The fraction of sp³-hybridized carbons (Fsp3) is 0.238. The average molecular weight is 348 g/mol. The zero-order valence-electron chi connectivity index (χ0n) is 15.2. The monoisotopic (exact) mass is 348 g/mol. The third kappa shape index (κ3) is 4.51. The first-order valence-corrected chi connectivity index (χ1v) is 8.82. The standard InChI is InChI=1S/C21H24N4O/c1-16-9-10-19(15-17(16)2)24-21(26)23-11-6-13-25-14-12-22-20(25)18-7-4-3-5-8-18/h3-5,7-10,12,14-15H,6,11,13H2,1-2H3,(H2,23,24,26). The highest BCUT2D eigenvalue weighted by Crippen LogP contribution is 2.17. The Kier molecular flexibility index (Phi) is 5.69. The molecule has 5 nitrogen and oxygen atoms in total. The number of hydrogen-bond donors (Lipinski definition) is 2. The lowest BCUT2D eigenvalue weighted by Crippen LogP contribution is -2.30. The summed E-state index contributed by atoms with van der Waals surface area (Å²) in [6, 6.07) is 15.8. The summed E-state index contributed by atoms with van der Waals surface area (Å²) < 4.78 is 2.11. The van der Waals surface area contributed by atoms with Gasteiger partial charge in [0.1, 0.15) is 5.82 Å². The summed E-state index contributed by atoms with van der Waals surface area (Å²) >= 11 is 0. The van der Waals surface area contributed by atoms with Gasteiger partial charge in [-0.3, -0.25) is 0 Å². The third-order valence-electron chi connectivity index (χ3n) is 4.37. The van der Waals surface area contributed by atoms with Gasteiger partial charge in [0.2, 0.25) is 0 Å². The number of urea groups is 1. The molecule has 0 aliphatic rings. The molecule has 5 heteroatoms. The van der Waals surface area contributed by atoms with Gasteiger partial charge in [0, 0.05) is 36.7 Å². The predicted octanol–water partition coefficient (Wildman–Crippen LogP) is 4.38. The molecular formula is C21H24N4O. The number of benzene rings is 2. The molecule has 3 aromatic rings. The first kappa shape index (κ1) is 17.7. The number of nitrogens with zero attached hydrogens (tertiary/aromatic N) is 2. The lowest BCUT2D eigenvalue weighted by atomic mass is 10.1. The van der Waals surface area contributed by atoms with Crippen LogP contribution in [-0.2, 0) is 6.54 Å². The molecule has 2 N–H and O–H groups in total. The Morgan fingerprint density at radius 1 is 1.08 bits per heavy atom. The van der Waals surface area contributed by atoms with Gasteiger partial charge < -0.3 is 15.2 Å². The molecule has 2 aromatic carbocycles. The molecule has 0 bridgehead atoms. The molecule has 1 heterocycles. The molecule has 0 unspecified atom stereocenters. The van der Waals surface area contributed by atoms with Gasteiger partial charge in [0.15, 0.2) is 0 Å². The van der Waals surface area contributed by atoms with Crippen molar-refractivity contribution in [2.24, 2.45) is 0 Å². The molecule has 0 radical (unpaired) electrons. The number of aryl methyl sites for hydroxylation is 3. The van der Waals surface area contributed by atoms with Crippen molar-refractivity contribution < 1.29 is 4.79 Å². The number of anilines is 1. The Morgan fingerprint density at radius 2 is 1.88 bits per heavy atom. The van der Waals surface area contributed by atoms with E-state index in [9.17, 15) is 4.79 Å². The van der Waals surface area contributed by atoms with Crippen LogP contribution >= 0.6 is 0 Å². The van der Waals surface area contributed by atoms with Crippen LogP contribution in [0.3, 0.4) is 0 Å². The number of carbonyl (C=O) groups is 1. The van der Waals surface area contributed by atoms with Crippen molar-refractivity contribution in [3.05, 3.63) is 72.1 Å². The van der Waals surface area contributed by atoms with E-state index in [1.807, 2.05) is 67.8 Å². The summed E-state index contributed by atoms with van der Waals surface area (Å²) in [4.78, 5) is 16.5. The van der Waals surface area contributed by atoms with Crippen LogP contribution in [0.1, 0.15) is 17.5 Å². The van der Waals surface area contributed by atoms with Crippen molar-refractivity contribution in [1.82, 2.24) is 14.9 Å². The van der Waals surface area contributed by atoms with Crippen molar-refractivity contribution in [2.45, 2.75) is 26.8 Å². The first-order chi connectivity index (χ1) is 12.6. The van der Waals surface area contributed by atoms with Gasteiger partial charge in [-0.05, 0) is 43.5 Å². The molecular weight excluding hydrogens is 324 g/mol. The molecule has 1 aromatic heterocycles. The smallest absolute Gasteiger partial charge is 0.319 e. The summed E-state index contributed by atoms with van der Waals surface area (Å²) in [6.07, 6.45) is 4.61. The molecule has 0 saturated carbocycles. The van der Waals surface area contributed by atoms with Crippen LogP contribution in [0.5, 0.6) is 0 Å². The highest BCUT2D eigenvalue weighted by Gasteiger charge is 2.06. The number of aromatic nitrogens is 2. The highest BCUT2D eigenvalue weighted by molar-refractivity contribution is 5.89. The second kappa shape index (κ2) is 8.34. The molecule has 0 spiro atoms. The van der Waals surface area contributed by atoms with Crippen LogP contribution in [0.4, 0.5) is 10.5 Å². The van der Waals surface area contributed by atoms with E-state index in [0.29, 0.717) is 6.54 Å². The molecule has 3 rings (SSSR count). The van der Waals surface area contributed by atoms with Crippen LogP contribution in [0, 0.1) is 13.8 Å². The highest BCUT2D eigenvalue weighted by atomic mass is 16.2. The maximum atomic E-state index is 12.0. The normalized spacial score (nSPS) is 10.5. The zero-order chi connectivity index (χ0) is 18.4. The van der Waals surface area contributed by atoms with Crippen LogP contribution < -0.4 is 10.6 Å². The number of hydrogen-bond acceptors (Lipinski definition) is 2. The van der Waals surface area contributed by atoms with Crippen molar-refractivity contribution in [1.29, 1.82) is 0 Å². The van der Waals surface area contributed by atoms with Gasteiger partial charge in [0.05, 0.1) is 0 Å². The fourth-order valence-electron chi connectivity index (χ4n) is 2.78. The number of carbonyl (C=O) groups excluding carboxylic acids is 1. The SMILES string of the molecule is Cc1ccc(NC(=O)NCCCn2ccnc2-c2ccccc2)cc1C. The molecule has 0 aliphatic heterocycles. The average Bonchev–Trinajstić information content (AvgIpc) is 3.11. The van der Waals surface area contributed by atoms with E-state index in [0.717, 1.165) is 35.6 Å². The molecule has 0 aliphatic carbocycles. The second-order valence-electron chi connectivity index (χ2n) is 6.34. The Hall–Kier alpha value is -3.08. The summed E-state index contributed by atoms with van der Waals surface area (Å²) in [5.74, 6) is 0.949. The maximum absolute atomic E-state index is 12.0. The first-order valence-electron chi connectivity index (χ1n) is 8.82. The molecule has 26 heavy (non-hydrogen) atoms. The van der Waals surface area contributed by atoms with E-state index in [2.05, 4.69) is 27.1 Å².